The quantitative estimate of drug-likeness (QED) is 0.752. The summed E-state index contributed by atoms with van der Waals surface area (Å²) in [6.07, 6.45) is 0.413. The molecule has 8 nitrogen and oxygen atoms in total. The Morgan fingerprint density at radius 2 is 1.79 bits per heavy atom. The number of nitrogens with zero attached hydrogens (tertiary/aromatic N) is 3. The highest BCUT2D eigenvalue weighted by atomic mass is 16.2. The second-order valence-electron chi connectivity index (χ2n) is 3.67. The average molecular weight is 260 g/mol. The SMILES string of the molecule is CCC(=O)Nc1ccc(NC(=O)c2nn[nH]n2)cc1. The van der Waals surface area contributed by atoms with Crippen LogP contribution < -0.4 is 10.6 Å². The first-order valence-corrected chi connectivity index (χ1v) is 5.63. The van der Waals surface area contributed by atoms with Gasteiger partial charge in [-0.1, -0.05) is 6.92 Å². The molecule has 0 aliphatic carbocycles. The Labute approximate surface area is 108 Å². The zero-order valence-electron chi connectivity index (χ0n) is 10.2. The molecule has 0 aliphatic heterocycles. The van der Waals surface area contributed by atoms with Gasteiger partial charge in [0, 0.05) is 17.8 Å². The molecule has 8 heteroatoms. The number of H-pyrrole nitrogens is 1. The number of hydrogen-bond donors (Lipinski definition) is 3. The van der Waals surface area contributed by atoms with Crippen LogP contribution in [0.1, 0.15) is 24.0 Å². The molecule has 0 aliphatic rings. The fourth-order valence-electron chi connectivity index (χ4n) is 1.33. The summed E-state index contributed by atoms with van der Waals surface area (Å²) < 4.78 is 0. The van der Waals surface area contributed by atoms with E-state index in [0.717, 1.165) is 0 Å². The molecule has 0 saturated carbocycles. The van der Waals surface area contributed by atoms with Crippen LogP contribution in [0.4, 0.5) is 11.4 Å². The molecule has 1 aromatic heterocycles. The van der Waals surface area contributed by atoms with Crippen LogP contribution in [0, 0.1) is 0 Å². The summed E-state index contributed by atoms with van der Waals surface area (Å²) in [4.78, 5) is 22.8. The summed E-state index contributed by atoms with van der Waals surface area (Å²) in [5.74, 6) is -0.564. The lowest BCUT2D eigenvalue weighted by Gasteiger charge is -2.05. The Kier molecular flexibility index (Phi) is 3.81. The smallest absolute Gasteiger partial charge is 0.297 e. The number of aromatic amines is 1. The Morgan fingerprint density at radius 1 is 1.16 bits per heavy atom. The lowest BCUT2D eigenvalue weighted by Crippen LogP contribution is -2.14. The molecular weight excluding hydrogens is 248 g/mol. The molecule has 98 valence electrons. The molecule has 0 atom stereocenters. The number of rotatable bonds is 4. The molecule has 3 N–H and O–H groups in total. The van der Waals surface area contributed by atoms with Crippen molar-refractivity contribution in [1.82, 2.24) is 20.6 Å². The molecule has 1 aromatic carbocycles. The van der Waals surface area contributed by atoms with Gasteiger partial charge in [0.2, 0.25) is 5.91 Å². The molecule has 19 heavy (non-hydrogen) atoms. The van der Waals surface area contributed by atoms with Crippen LogP contribution in [-0.2, 0) is 4.79 Å². The molecule has 0 bridgehead atoms. The van der Waals surface area contributed by atoms with Crippen molar-refractivity contribution in [1.29, 1.82) is 0 Å². The maximum Gasteiger partial charge on any atom is 0.297 e. The van der Waals surface area contributed by atoms with E-state index in [1.165, 1.54) is 0 Å². The van der Waals surface area contributed by atoms with Crippen molar-refractivity contribution in [3.05, 3.63) is 30.1 Å². The van der Waals surface area contributed by atoms with Crippen molar-refractivity contribution in [2.45, 2.75) is 13.3 Å². The van der Waals surface area contributed by atoms with Gasteiger partial charge in [-0.2, -0.15) is 5.21 Å². The van der Waals surface area contributed by atoms with Crippen LogP contribution in [0.2, 0.25) is 0 Å². The van der Waals surface area contributed by atoms with Gasteiger partial charge in [-0.05, 0) is 29.5 Å². The number of carbonyl (C=O) groups is 2. The topological polar surface area (TPSA) is 113 Å². The molecule has 0 unspecified atom stereocenters. The van der Waals surface area contributed by atoms with E-state index < -0.39 is 5.91 Å². The number of aromatic nitrogens is 4. The van der Waals surface area contributed by atoms with Gasteiger partial charge in [0.25, 0.3) is 11.7 Å². The van der Waals surface area contributed by atoms with E-state index in [1.54, 1.807) is 31.2 Å². The number of anilines is 2. The zero-order chi connectivity index (χ0) is 13.7. The Morgan fingerprint density at radius 3 is 2.32 bits per heavy atom. The fourth-order valence-corrected chi connectivity index (χ4v) is 1.33. The van der Waals surface area contributed by atoms with Gasteiger partial charge >= 0.3 is 0 Å². The summed E-state index contributed by atoms with van der Waals surface area (Å²) in [6.45, 7) is 1.77. The Hall–Kier alpha value is -2.77. The Bertz CT molecular complexity index is 563. The predicted molar refractivity (Wildman–Crippen MR) is 67.5 cm³/mol. The van der Waals surface area contributed by atoms with Gasteiger partial charge in [-0.15, -0.1) is 10.2 Å². The van der Waals surface area contributed by atoms with E-state index in [9.17, 15) is 9.59 Å². The Balaban J connectivity index is 1.99. The van der Waals surface area contributed by atoms with Gasteiger partial charge in [-0.3, -0.25) is 9.59 Å². The maximum absolute atomic E-state index is 11.6. The number of tetrazole rings is 1. The third-order valence-electron chi connectivity index (χ3n) is 2.30. The molecular formula is C11H12N6O2. The van der Waals surface area contributed by atoms with Crippen molar-refractivity contribution < 1.29 is 9.59 Å². The van der Waals surface area contributed by atoms with E-state index >= 15 is 0 Å². The minimum atomic E-state index is -0.459. The van der Waals surface area contributed by atoms with Crippen molar-refractivity contribution in [2.75, 3.05) is 10.6 Å². The maximum atomic E-state index is 11.6. The first kappa shape index (κ1) is 12.7. The number of carbonyl (C=O) groups excluding carboxylic acids is 2. The van der Waals surface area contributed by atoms with Crippen LogP contribution in [0.25, 0.3) is 0 Å². The highest BCUT2D eigenvalue weighted by Gasteiger charge is 2.10. The number of hydrogen-bond acceptors (Lipinski definition) is 5. The lowest BCUT2D eigenvalue weighted by atomic mass is 10.2. The van der Waals surface area contributed by atoms with Crippen molar-refractivity contribution >= 4 is 23.2 Å². The minimum absolute atomic E-state index is 0.0386. The van der Waals surface area contributed by atoms with Crippen molar-refractivity contribution in [2.24, 2.45) is 0 Å². The summed E-state index contributed by atoms with van der Waals surface area (Å²) in [5.41, 5.74) is 1.24. The van der Waals surface area contributed by atoms with Crippen LogP contribution in [0.15, 0.2) is 24.3 Å². The minimum Gasteiger partial charge on any atom is -0.326 e. The number of nitrogens with one attached hydrogen (secondary N) is 3. The van der Waals surface area contributed by atoms with Crippen molar-refractivity contribution in [3.8, 4) is 0 Å². The van der Waals surface area contributed by atoms with Crippen molar-refractivity contribution in [3.63, 3.8) is 0 Å². The normalized spacial score (nSPS) is 9.95. The zero-order valence-corrected chi connectivity index (χ0v) is 10.2. The predicted octanol–water partition coefficient (Wildman–Crippen LogP) is 0.800. The monoisotopic (exact) mass is 260 g/mol. The summed E-state index contributed by atoms with van der Waals surface area (Å²) >= 11 is 0. The highest BCUT2D eigenvalue weighted by Crippen LogP contribution is 2.14. The summed E-state index contributed by atoms with van der Waals surface area (Å²) in [6, 6.07) is 6.73. The largest absolute Gasteiger partial charge is 0.326 e. The highest BCUT2D eigenvalue weighted by molar-refractivity contribution is 6.01. The molecule has 1 heterocycles. The summed E-state index contributed by atoms with van der Waals surface area (Å²) in [5, 5.41) is 17.9. The lowest BCUT2D eigenvalue weighted by molar-refractivity contribution is -0.115. The third-order valence-corrected chi connectivity index (χ3v) is 2.30. The third kappa shape index (κ3) is 3.35. The van der Waals surface area contributed by atoms with Crippen LogP contribution in [-0.4, -0.2) is 32.4 Å². The molecule has 2 aromatic rings. The standard InChI is InChI=1S/C11H12N6O2/c1-2-9(18)12-7-3-5-8(6-4-7)13-11(19)10-14-16-17-15-10/h3-6H,2H2,1H3,(H,12,18)(H,13,19)(H,14,15,16,17). The van der Waals surface area contributed by atoms with Gasteiger partial charge < -0.3 is 10.6 Å². The average Bonchev–Trinajstić information content (AvgIpc) is 2.95. The van der Waals surface area contributed by atoms with Crippen LogP contribution in [0.3, 0.4) is 0 Å². The van der Waals surface area contributed by atoms with E-state index in [0.29, 0.717) is 17.8 Å². The van der Waals surface area contributed by atoms with E-state index in [2.05, 4.69) is 31.3 Å². The van der Waals surface area contributed by atoms with E-state index in [-0.39, 0.29) is 11.7 Å². The van der Waals surface area contributed by atoms with Crippen LogP contribution in [0.5, 0.6) is 0 Å². The second kappa shape index (κ2) is 5.71. The molecule has 2 rings (SSSR count). The first-order chi connectivity index (χ1) is 9.19. The fraction of sp³-hybridized carbons (Fsp3) is 0.182. The van der Waals surface area contributed by atoms with E-state index in [4.69, 9.17) is 0 Å². The molecule has 0 radical (unpaired) electrons. The number of amides is 2. The first-order valence-electron chi connectivity index (χ1n) is 5.63. The number of benzene rings is 1. The van der Waals surface area contributed by atoms with Gasteiger partial charge in [0.1, 0.15) is 0 Å². The molecule has 2 amide bonds. The molecule has 0 fully saturated rings. The second-order valence-corrected chi connectivity index (χ2v) is 3.67. The van der Waals surface area contributed by atoms with Gasteiger partial charge in [-0.25, -0.2) is 0 Å². The molecule has 0 saturated heterocycles. The van der Waals surface area contributed by atoms with Crippen LogP contribution >= 0.6 is 0 Å². The summed E-state index contributed by atoms with van der Waals surface area (Å²) in [7, 11) is 0. The van der Waals surface area contributed by atoms with Gasteiger partial charge in [0.15, 0.2) is 0 Å². The van der Waals surface area contributed by atoms with E-state index in [1.807, 2.05) is 0 Å². The van der Waals surface area contributed by atoms with Gasteiger partial charge in [0.05, 0.1) is 0 Å². The molecule has 0 spiro atoms.